The van der Waals surface area contributed by atoms with Crippen LogP contribution in [0.3, 0.4) is 0 Å². The molecule has 1 N–H and O–H groups in total. The van der Waals surface area contributed by atoms with Gasteiger partial charge in [-0.3, -0.25) is 4.79 Å². The summed E-state index contributed by atoms with van der Waals surface area (Å²) in [6.45, 7) is 3.67. The Hall–Kier alpha value is -3.36. The maximum Gasteiger partial charge on any atom is 0.277 e. The van der Waals surface area contributed by atoms with E-state index < -0.39 is 0 Å². The molecule has 8 heteroatoms. The number of morpholine rings is 1. The number of hydrazone groups is 1. The van der Waals surface area contributed by atoms with Gasteiger partial charge in [-0.25, -0.2) is 5.43 Å². The van der Waals surface area contributed by atoms with Gasteiger partial charge in [0.05, 0.1) is 24.4 Å². The molecule has 1 amide bonds. The molecular formula is C24H25N3O4S. The topological polar surface area (TPSA) is 72.4 Å². The molecule has 7 nitrogen and oxygen atoms in total. The second-order valence-electron chi connectivity index (χ2n) is 7.10. The van der Waals surface area contributed by atoms with Crippen LogP contribution in [0.2, 0.25) is 0 Å². The number of nitrogens with one attached hydrogen (secondary N) is 1. The van der Waals surface area contributed by atoms with Crippen LogP contribution in [-0.4, -0.2) is 45.0 Å². The zero-order chi connectivity index (χ0) is 22.0. The summed E-state index contributed by atoms with van der Waals surface area (Å²) < 4.78 is 16.6. The van der Waals surface area contributed by atoms with Gasteiger partial charge in [-0.15, -0.1) is 11.3 Å². The molecule has 1 aliphatic heterocycles. The van der Waals surface area contributed by atoms with Crippen LogP contribution in [0.1, 0.15) is 10.4 Å². The van der Waals surface area contributed by atoms with Gasteiger partial charge in [0.25, 0.3) is 5.91 Å². The van der Waals surface area contributed by atoms with Gasteiger partial charge in [-0.05, 0) is 42.0 Å². The van der Waals surface area contributed by atoms with Crippen molar-refractivity contribution >= 4 is 28.5 Å². The van der Waals surface area contributed by atoms with Gasteiger partial charge in [-0.2, -0.15) is 5.10 Å². The van der Waals surface area contributed by atoms with Crippen molar-refractivity contribution in [1.82, 2.24) is 5.43 Å². The number of rotatable bonds is 9. The molecule has 0 unspecified atom stereocenters. The summed E-state index contributed by atoms with van der Waals surface area (Å²) in [7, 11) is 0. The number of ether oxygens (including phenoxy) is 3. The molecule has 0 bridgehead atoms. The van der Waals surface area contributed by atoms with E-state index in [1.165, 1.54) is 5.00 Å². The lowest BCUT2D eigenvalue weighted by Crippen LogP contribution is -2.35. The SMILES string of the molecule is O=C(COc1ccc(OCc2ccccc2)cc1)N/N=C/c1ccc(N2CCOCC2)s1. The van der Waals surface area contributed by atoms with Gasteiger partial charge in [0.1, 0.15) is 18.1 Å². The quantitative estimate of drug-likeness (QED) is 0.397. The predicted octanol–water partition coefficient (Wildman–Crippen LogP) is 3.69. The highest BCUT2D eigenvalue weighted by Crippen LogP contribution is 2.25. The summed E-state index contributed by atoms with van der Waals surface area (Å²) in [6, 6.07) is 21.2. The van der Waals surface area contributed by atoms with Crippen LogP contribution in [0.15, 0.2) is 71.8 Å². The highest BCUT2D eigenvalue weighted by atomic mass is 32.1. The second kappa shape index (κ2) is 11.3. The Morgan fingerprint density at radius 2 is 1.72 bits per heavy atom. The van der Waals surface area contributed by atoms with Crippen molar-refractivity contribution in [3.8, 4) is 11.5 Å². The van der Waals surface area contributed by atoms with E-state index in [4.69, 9.17) is 14.2 Å². The van der Waals surface area contributed by atoms with Crippen LogP contribution in [0.25, 0.3) is 0 Å². The van der Waals surface area contributed by atoms with Crippen LogP contribution in [0.5, 0.6) is 11.5 Å². The van der Waals surface area contributed by atoms with E-state index in [9.17, 15) is 4.79 Å². The Balaban J connectivity index is 1.17. The van der Waals surface area contributed by atoms with Crippen molar-refractivity contribution in [3.63, 3.8) is 0 Å². The highest BCUT2D eigenvalue weighted by Gasteiger charge is 2.12. The highest BCUT2D eigenvalue weighted by molar-refractivity contribution is 7.17. The average molecular weight is 452 g/mol. The van der Waals surface area contributed by atoms with Crippen LogP contribution in [-0.2, 0) is 16.1 Å². The average Bonchev–Trinajstić information content (AvgIpc) is 3.32. The minimum absolute atomic E-state index is 0.120. The fourth-order valence-corrected chi connectivity index (χ4v) is 4.02. The van der Waals surface area contributed by atoms with E-state index >= 15 is 0 Å². The molecule has 32 heavy (non-hydrogen) atoms. The Morgan fingerprint density at radius 1 is 1.00 bits per heavy atom. The minimum Gasteiger partial charge on any atom is -0.489 e. The number of nitrogens with zero attached hydrogens (tertiary/aromatic N) is 2. The molecule has 166 valence electrons. The number of benzene rings is 2. The molecule has 0 spiro atoms. The third kappa shape index (κ3) is 6.57. The van der Waals surface area contributed by atoms with Gasteiger partial charge >= 0.3 is 0 Å². The molecule has 0 saturated carbocycles. The number of carbonyl (C=O) groups is 1. The molecule has 0 radical (unpaired) electrons. The molecule has 4 rings (SSSR count). The minimum atomic E-state index is -0.324. The second-order valence-corrected chi connectivity index (χ2v) is 8.20. The van der Waals surface area contributed by atoms with Crippen molar-refractivity contribution in [1.29, 1.82) is 0 Å². The third-order valence-corrected chi connectivity index (χ3v) is 5.84. The summed E-state index contributed by atoms with van der Waals surface area (Å²) in [5.41, 5.74) is 3.60. The Bertz CT molecular complexity index is 1020. The van der Waals surface area contributed by atoms with Gasteiger partial charge in [-0.1, -0.05) is 30.3 Å². The maximum absolute atomic E-state index is 12.0. The Labute approximate surface area is 191 Å². The molecule has 1 aromatic heterocycles. The van der Waals surface area contributed by atoms with Gasteiger partial charge in [0.15, 0.2) is 6.61 Å². The zero-order valence-electron chi connectivity index (χ0n) is 17.6. The summed E-state index contributed by atoms with van der Waals surface area (Å²) in [4.78, 5) is 15.3. The number of amides is 1. The number of carbonyl (C=O) groups excluding carboxylic acids is 1. The number of hydrogen-bond acceptors (Lipinski definition) is 7. The van der Waals surface area contributed by atoms with E-state index in [1.807, 2.05) is 48.5 Å². The first kappa shape index (κ1) is 21.9. The van der Waals surface area contributed by atoms with Crippen molar-refractivity contribution in [2.45, 2.75) is 6.61 Å². The number of thiophene rings is 1. The monoisotopic (exact) mass is 451 g/mol. The lowest BCUT2D eigenvalue weighted by Gasteiger charge is -2.27. The molecule has 1 fully saturated rings. The third-order valence-electron chi connectivity index (χ3n) is 4.76. The van der Waals surface area contributed by atoms with Gasteiger partial charge < -0.3 is 19.1 Å². The first-order valence-electron chi connectivity index (χ1n) is 10.4. The smallest absolute Gasteiger partial charge is 0.277 e. The summed E-state index contributed by atoms with van der Waals surface area (Å²) in [5.74, 6) is 1.00. The lowest BCUT2D eigenvalue weighted by molar-refractivity contribution is -0.123. The summed E-state index contributed by atoms with van der Waals surface area (Å²) in [5, 5.41) is 5.20. The summed E-state index contributed by atoms with van der Waals surface area (Å²) >= 11 is 1.63. The summed E-state index contributed by atoms with van der Waals surface area (Å²) in [6.07, 6.45) is 1.64. The number of hydrogen-bond donors (Lipinski definition) is 1. The van der Waals surface area contributed by atoms with Crippen LogP contribution < -0.4 is 19.8 Å². The van der Waals surface area contributed by atoms with Crippen molar-refractivity contribution in [2.24, 2.45) is 5.10 Å². The van der Waals surface area contributed by atoms with Gasteiger partial charge in [0.2, 0.25) is 0 Å². The van der Waals surface area contributed by atoms with E-state index in [0.717, 1.165) is 42.5 Å². The predicted molar refractivity (Wildman–Crippen MR) is 126 cm³/mol. The molecule has 1 aliphatic rings. The fraction of sp³-hybridized carbons (Fsp3) is 0.250. The van der Waals surface area contributed by atoms with Crippen molar-refractivity contribution in [3.05, 3.63) is 77.2 Å². The normalized spacial score (nSPS) is 13.8. The van der Waals surface area contributed by atoms with E-state index in [2.05, 4.69) is 21.5 Å². The fourth-order valence-electron chi connectivity index (χ4n) is 3.09. The zero-order valence-corrected chi connectivity index (χ0v) is 18.4. The molecule has 2 aromatic carbocycles. The molecule has 2 heterocycles. The van der Waals surface area contributed by atoms with Crippen LogP contribution in [0.4, 0.5) is 5.00 Å². The molecule has 0 aliphatic carbocycles. The van der Waals surface area contributed by atoms with Crippen molar-refractivity contribution < 1.29 is 19.0 Å². The largest absolute Gasteiger partial charge is 0.489 e. The van der Waals surface area contributed by atoms with Crippen LogP contribution >= 0.6 is 11.3 Å². The Kier molecular flexibility index (Phi) is 7.73. The van der Waals surface area contributed by atoms with Crippen molar-refractivity contribution in [2.75, 3.05) is 37.8 Å². The van der Waals surface area contributed by atoms with E-state index in [0.29, 0.717) is 12.4 Å². The number of anilines is 1. The maximum atomic E-state index is 12.0. The molecule has 3 aromatic rings. The first-order chi connectivity index (χ1) is 15.8. The molecular weight excluding hydrogens is 426 g/mol. The van der Waals surface area contributed by atoms with Crippen LogP contribution in [0, 0.1) is 0 Å². The standard InChI is InChI=1S/C24H25N3O4S/c28-23(26-25-16-22-10-11-24(32-22)27-12-14-29-15-13-27)18-31-21-8-6-20(7-9-21)30-17-19-4-2-1-3-5-19/h1-11,16H,12-15,17-18H2,(H,26,28)/b25-16+. The van der Waals surface area contributed by atoms with E-state index in [-0.39, 0.29) is 12.5 Å². The van der Waals surface area contributed by atoms with E-state index in [1.54, 1.807) is 29.7 Å². The first-order valence-corrected chi connectivity index (χ1v) is 11.2. The molecule has 1 saturated heterocycles. The molecule has 0 atom stereocenters. The van der Waals surface area contributed by atoms with Gasteiger partial charge in [0, 0.05) is 18.0 Å². The Morgan fingerprint density at radius 3 is 2.47 bits per heavy atom. The lowest BCUT2D eigenvalue weighted by atomic mass is 10.2.